The average Bonchev–Trinajstić information content (AvgIpc) is 2.66. The molecule has 0 fully saturated rings. The van der Waals surface area contributed by atoms with Crippen LogP contribution in [0.1, 0.15) is 30.4 Å². The van der Waals surface area contributed by atoms with E-state index in [0.29, 0.717) is 10.0 Å². The smallest absolute Gasteiger partial charge is 0.265 e. The van der Waals surface area contributed by atoms with Gasteiger partial charge in [-0.05, 0) is 20.8 Å². The Hall–Kier alpha value is -1.83. The number of aromatic nitrogens is 1. The number of thiazole rings is 1. The zero-order valence-corrected chi connectivity index (χ0v) is 13.2. The Morgan fingerprint density at radius 3 is 2.40 bits per heavy atom. The second kappa shape index (κ2) is 6.08. The third-order valence-corrected chi connectivity index (χ3v) is 3.39. The molecule has 0 unspecified atom stereocenters. The first-order valence-corrected chi connectivity index (χ1v) is 6.94. The monoisotopic (exact) mass is 299 g/mol. The third kappa shape index (κ3) is 4.69. The van der Waals surface area contributed by atoms with Crippen LogP contribution in [-0.2, 0) is 4.79 Å². The van der Waals surface area contributed by atoms with Crippen LogP contribution in [0.5, 0.6) is 0 Å². The van der Waals surface area contributed by atoms with Crippen LogP contribution in [0.4, 0.5) is 10.9 Å². The van der Waals surface area contributed by atoms with Crippen LogP contribution in [0, 0.1) is 0 Å². The summed E-state index contributed by atoms with van der Waals surface area (Å²) in [6.07, 6.45) is 0. The van der Waals surface area contributed by atoms with Crippen LogP contribution < -0.4 is 21.3 Å². The lowest BCUT2D eigenvalue weighted by Crippen LogP contribution is -2.45. The molecule has 1 aromatic rings. The van der Waals surface area contributed by atoms with Gasteiger partial charge in [0.2, 0.25) is 5.91 Å². The van der Waals surface area contributed by atoms with E-state index >= 15 is 0 Å². The largest absolute Gasteiger partial charge is 0.382 e. The highest BCUT2D eigenvalue weighted by Gasteiger charge is 2.19. The first-order chi connectivity index (χ1) is 9.10. The molecule has 0 spiro atoms. The second-order valence-corrected chi connectivity index (χ2v) is 6.56. The standard InChI is InChI=1S/C12H21N5O2S/c1-12(2,3)16-7(18)6-14-10(19)8-9(13)15-11(20-8)17(4)5/h6,13H2,1-5H3,(H,14,19)(H,16,18). The summed E-state index contributed by atoms with van der Waals surface area (Å²) in [7, 11) is 3.63. The molecular weight excluding hydrogens is 278 g/mol. The van der Waals surface area contributed by atoms with Gasteiger partial charge in [-0.2, -0.15) is 0 Å². The van der Waals surface area contributed by atoms with Crippen molar-refractivity contribution in [3.63, 3.8) is 0 Å². The van der Waals surface area contributed by atoms with Gasteiger partial charge in [-0.25, -0.2) is 4.98 Å². The lowest BCUT2D eigenvalue weighted by molar-refractivity contribution is -0.121. The molecule has 1 rings (SSSR count). The van der Waals surface area contributed by atoms with E-state index in [1.54, 1.807) is 4.90 Å². The first-order valence-electron chi connectivity index (χ1n) is 6.13. The summed E-state index contributed by atoms with van der Waals surface area (Å²) in [6, 6.07) is 0. The van der Waals surface area contributed by atoms with Gasteiger partial charge in [0.15, 0.2) is 5.13 Å². The van der Waals surface area contributed by atoms with Crippen molar-refractivity contribution in [1.82, 2.24) is 15.6 Å². The van der Waals surface area contributed by atoms with Gasteiger partial charge in [-0.15, -0.1) is 0 Å². The number of nitrogens with two attached hydrogens (primary N) is 1. The van der Waals surface area contributed by atoms with Gasteiger partial charge in [0, 0.05) is 19.6 Å². The molecular formula is C12H21N5O2S. The zero-order chi connectivity index (χ0) is 15.5. The number of hydrogen-bond donors (Lipinski definition) is 3. The molecule has 0 aliphatic heterocycles. The van der Waals surface area contributed by atoms with Crippen molar-refractivity contribution in [1.29, 1.82) is 0 Å². The van der Waals surface area contributed by atoms with Gasteiger partial charge in [-0.1, -0.05) is 11.3 Å². The Morgan fingerprint density at radius 1 is 1.35 bits per heavy atom. The number of hydrogen-bond acceptors (Lipinski definition) is 6. The quantitative estimate of drug-likeness (QED) is 0.749. The van der Waals surface area contributed by atoms with E-state index in [4.69, 9.17) is 5.73 Å². The van der Waals surface area contributed by atoms with Gasteiger partial charge in [-0.3, -0.25) is 9.59 Å². The molecule has 0 saturated heterocycles. The molecule has 0 radical (unpaired) electrons. The van der Waals surface area contributed by atoms with Crippen molar-refractivity contribution in [2.45, 2.75) is 26.3 Å². The maximum atomic E-state index is 12.0. The van der Waals surface area contributed by atoms with E-state index in [1.807, 2.05) is 34.9 Å². The van der Waals surface area contributed by atoms with Gasteiger partial charge in [0.25, 0.3) is 5.91 Å². The molecule has 4 N–H and O–H groups in total. The summed E-state index contributed by atoms with van der Waals surface area (Å²) in [6.45, 7) is 5.52. The van der Waals surface area contributed by atoms with E-state index in [-0.39, 0.29) is 23.8 Å². The van der Waals surface area contributed by atoms with Crippen LogP contribution >= 0.6 is 11.3 Å². The topological polar surface area (TPSA) is 100 Å². The molecule has 1 heterocycles. The average molecular weight is 299 g/mol. The molecule has 8 heteroatoms. The molecule has 0 aliphatic rings. The van der Waals surface area contributed by atoms with Gasteiger partial charge < -0.3 is 21.3 Å². The highest BCUT2D eigenvalue weighted by Crippen LogP contribution is 2.26. The number of nitrogens with zero attached hydrogens (tertiary/aromatic N) is 2. The lowest BCUT2D eigenvalue weighted by Gasteiger charge is -2.20. The summed E-state index contributed by atoms with van der Waals surface area (Å²) in [5, 5.41) is 5.94. The number of carbonyl (C=O) groups is 2. The van der Waals surface area contributed by atoms with Crippen molar-refractivity contribution in [2.24, 2.45) is 0 Å². The summed E-state index contributed by atoms with van der Waals surface area (Å²) < 4.78 is 0. The number of amides is 2. The second-order valence-electron chi connectivity index (χ2n) is 5.59. The Balaban J connectivity index is 2.62. The van der Waals surface area contributed by atoms with E-state index in [2.05, 4.69) is 15.6 Å². The van der Waals surface area contributed by atoms with E-state index < -0.39 is 5.91 Å². The van der Waals surface area contributed by atoms with Gasteiger partial charge >= 0.3 is 0 Å². The summed E-state index contributed by atoms with van der Waals surface area (Å²) in [4.78, 5) is 29.7. The maximum Gasteiger partial charge on any atom is 0.265 e. The fourth-order valence-corrected chi connectivity index (χ4v) is 2.20. The molecule has 112 valence electrons. The number of carbonyl (C=O) groups excluding carboxylic acids is 2. The molecule has 1 aromatic heterocycles. The number of rotatable bonds is 4. The van der Waals surface area contributed by atoms with Gasteiger partial charge in [0.1, 0.15) is 10.7 Å². The fraction of sp³-hybridized carbons (Fsp3) is 0.583. The fourth-order valence-electron chi connectivity index (χ4n) is 1.38. The third-order valence-electron chi connectivity index (χ3n) is 2.15. The van der Waals surface area contributed by atoms with Crippen LogP contribution in [0.25, 0.3) is 0 Å². The van der Waals surface area contributed by atoms with Gasteiger partial charge in [0.05, 0.1) is 6.54 Å². The van der Waals surface area contributed by atoms with Crippen LogP contribution in [0.3, 0.4) is 0 Å². The number of nitrogens with one attached hydrogen (secondary N) is 2. The molecule has 0 saturated carbocycles. The van der Waals surface area contributed by atoms with E-state index in [0.717, 1.165) is 0 Å². The normalized spacial score (nSPS) is 11.1. The Kier molecular flexibility index (Phi) is 4.93. The predicted octanol–water partition coefficient (Wildman–Crippen LogP) is 0.436. The highest BCUT2D eigenvalue weighted by molar-refractivity contribution is 7.18. The van der Waals surface area contributed by atoms with E-state index in [1.165, 1.54) is 11.3 Å². The SMILES string of the molecule is CN(C)c1nc(N)c(C(=O)NCC(=O)NC(C)(C)C)s1. The zero-order valence-electron chi connectivity index (χ0n) is 12.4. The molecule has 0 aliphatic carbocycles. The van der Waals surface area contributed by atoms with Crippen molar-refractivity contribution in [2.75, 3.05) is 31.3 Å². The van der Waals surface area contributed by atoms with Crippen LogP contribution in [-0.4, -0.2) is 43.0 Å². The highest BCUT2D eigenvalue weighted by atomic mass is 32.1. The summed E-state index contributed by atoms with van der Waals surface area (Å²) in [5.41, 5.74) is 5.37. The lowest BCUT2D eigenvalue weighted by atomic mass is 10.1. The molecule has 7 nitrogen and oxygen atoms in total. The van der Waals surface area contributed by atoms with Crippen LogP contribution in [0.15, 0.2) is 0 Å². The number of anilines is 2. The molecule has 0 atom stereocenters. The number of nitrogen functional groups attached to an aromatic ring is 1. The van der Waals surface area contributed by atoms with Crippen LogP contribution in [0.2, 0.25) is 0 Å². The Bertz CT molecular complexity index is 504. The molecule has 2 amide bonds. The predicted molar refractivity (Wildman–Crippen MR) is 81.1 cm³/mol. The first kappa shape index (κ1) is 16.2. The Morgan fingerprint density at radius 2 is 1.95 bits per heavy atom. The molecule has 0 bridgehead atoms. The Labute approximate surface area is 122 Å². The van der Waals surface area contributed by atoms with E-state index in [9.17, 15) is 9.59 Å². The molecule has 20 heavy (non-hydrogen) atoms. The summed E-state index contributed by atoms with van der Waals surface area (Å²) in [5.74, 6) is -0.466. The summed E-state index contributed by atoms with van der Waals surface area (Å²) >= 11 is 1.19. The van der Waals surface area contributed by atoms with Crippen molar-refractivity contribution >= 4 is 34.1 Å². The molecule has 0 aromatic carbocycles. The minimum Gasteiger partial charge on any atom is -0.382 e. The van der Waals surface area contributed by atoms with Crippen molar-refractivity contribution in [3.05, 3.63) is 4.88 Å². The minimum atomic E-state index is -0.392. The van der Waals surface area contributed by atoms with Crippen molar-refractivity contribution in [3.8, 4) is 0 Å². The minimum absolute atomic E-state index is 0.0925. The van der Waals surface area contributed by atoms with Crippen molar-refractivity contribution < 1.29 is 9.59 Å². The maximum absolute atomic E-state index is 12.0.